The normalized spacial score (nSPS) is 12.4. The van der Waals surface area contributed by atoms with Crippen LogP contribution in [0, 0.1) is 6.92 Å². The van der Waals surface area contributed by atoms with Crippen LogP contribution < -0.4 is 10.1 Å². The predicted molar refractivity (Wildman–Crippen MR) is 79.7 cm³/mol. The van der Waals surface area contributed by atoms with E-state index >= 15 is 0 Å². The molecule has 3 nitrogen and oxygen atoms in total. The summed E-state index contributed by atoms with van der Waals surface area (Å²) in [6.45, 7) is 4.98. The molecule has 1 aromatic heterocycles. The Kier molecular flexibility index (Phi) is 4.66. The molecule has 0 radical (unpaired) electrons. The van der Waals surface area contributed by atoms with Gasteiger partial charge in [0.2, 0.25) is 0 Å². The lowest BCUT2D eigenvalue weighted by atomic mass is 10.0. The Hall–Kier alpha value is -1.26. The van der Waals surface area contributed by atoms with Crippen molar-refractivity contribution in [3.05, 3.63) is 51.9 Å². The van der Waals surface area contributed by atoms with E-state index in [-0.39, 0.29) is 6.04 Å². The van der Waals surface area contributed by atoms with E-state index in [1.54, 1.807) is 7.11 Å². The average molecular weight is 324 g/mol. The summed E-state index contributed by atoms with van der Waals surface area (Å²) in [6.07, 6.45) is 0. The maximum atomic E-state index is 5.67. The summed E-state index contributed by atoms with van der Waals surface area (Å²) in [4.78, 5) is 0. The second kappa shape index (κ2) is 6.26. The summed E-state index contributed by atoms with van der Waals surface area (Å²) in [5.74, 6) is 1.78. The minimum atomic E-state index is 0.0331. The Morgan fingerprint density at radius 2 is 2.11 bits per heavy atom. The topological polar surface area (TPSA) is 34.4 Å². The van der Waals surface area contributed by atoms with Crippen LogP contribution in [-0.2, 0) is 0 Å². The first-order chi connectivity index (χ1) is 9.15. The molecule has 0 spiro atoms. The standard InChI is InChI=1S/C15H18BrNO2/c1-4-17-15(12-7-8-14(16)19-12)11-6-5-10(2)13(9-11)18-3/h5-9,15,17H,4H2,1-3H3. The Bertz CT molecular complexity index is 551. The minimum Gasteiger partial charge on any atom is -0.496 e. The van der Waals surface area contributed by atoms with Gasteiger partial charge in [-0.05, 0) is 58.7 Å². The number of ether oxygens (including phenoxy) is 1. The van der Waals surface area contributed by atoms with Crippen molar-refractivity contribution < 1.29 is 9.15 Å². The molecule has 0 fully saturated rings. The molecule has 0 saturated heterocycles. The summed E-state index contributed by atoms with van der Waals surface area (Å²) in [5, 5.41) is 3.43. The van der Waals surface area contributed by atoms with Crippen molar-refractivity contribution >= 4 is 15.9 Å². The molecule has 0 saturated carbocycles. The SMILES string of the molecule is CCNC(c1ccc(C)c(OC)c1)c1ccc(Br)o1. The summed E-state index contributed by atoms with van der Waals surface area (Å²) >= 11 is 3.34. The van der Waals surface area contributed by atoms with Gasteiger partial charge in [-0.1, -0.05) is 19.1 Å². The quantitative estimate of drug-likeness (QED) is 0.901. The minimum absolute atomic E-state index is 0.0331. The highest BCUT2D eigenvalue weighted by atomic mass is 79.9. The average Bonchev–Trinajstić information content (AvgIpc) is 2.83. The zero-order valence-corrected chi connectivity index (χ0v) is 13.0. The third kappa shape index (κ3) is 3.19. The van der Waals surface area contributed by atoms with E-state index in [1.165, 1.54) is 0 Å². The fourth-order valence-electron chi connectivity index (χ4n) is 2.09. The maximum absolute atomic E-state index is 5.67. The van der Waals surface area contributed by atoms with Gasteiger partial charge >= 0.3 is 0 Å². The van der Waals surface area contributed by atoms with Crippen LogP contribution in [0.3, 0.4) is 0 Å². The second-order valence-corrected chi connectivity index (χ2v) is 5.14. The predicted octanol–water partition coefficient (Wildman–Crippen LogP) is 4.06. The summed E-state index contributed by atoms with van der Waals surface area (Å²) in [6, 6.07) is 10.1. The molecule has 19 heavy (non-hydrogen) atoms. The monoisotopic (exact) mass is 323 g/mol. The number of halogens is 1. The van der Waals surface area contributed by atoms with Crippen LogP contribution in [0.1, 0.15) is 29.9 Å². The molecular weight excluding hydrogens is 306 g/mol. The fraction of sp³-hybridized carbons (Fsp3) is 0.333. The van der Waals surface area contributed by atoms with E-state index < -0.39 is 0 Å². The van der Waals surface area contributed by atoms with Gasteiger partial charge in [-0.2, -0.15) is 0 Å². The number of hydrogen-bond donors (Lipinski definition) is 1. The molecule has 102 valence electrons. The highest BCUT2D eigenvalue weighted by molar-refractivity contribution is 9.10. The van der Waals surface area contributed by atoms with Gasteiger partial charge in [0.1, 0.15) is 11.5 Å². The molecule has 2 rings (SSSR count). The molecule has 4 heteroatoms. The van der Waals surface area contributed by atoms with Gasteiger partial charge in [0, 0.05) is 0 Å². The van der Waals surface area contributed by atoms with Gasteiger partial charge in [-0.25, -0.2) is 0 Å². The molecular formula is C15H18BrNO2. The third-order valence-electron chi connectivity index (χ3n) is 3.05. The van der Waals surface area contributed by atoms with Gasteiger partial charge in [0.25, 0.3) is 0 Å². The number of rotatable bonds is 5. The molecule has 0 aliphatic heterocycles. The number of hydrogen-bond acceptors (Lipinski definition) is 3. The van der Waals surface area contributed by atoms with E-state index in [0.717, 1.165) is 33.9 Å². The molecule has 1 atom stereocenters. The molecule has 2 aromatic rings. The van der Waals surface area contributed by atoms with Crippen LogP contribution in [0.4, 0.5) is 0 Å². The summed E-state index contributed by atoms with van der Waals surface area (Å²) in [7, 11) is 1.69. The summed E-state index contributed by atoms with van der Waals surface area (Å²) < 4.78 is 11.8. The van der Waals surface area contributed by atoms with Crippen molar-refractivity contribution in [2.75, 3.05) is 13.7 Å². The van der Waals surface area contributed by atoms with Crippen molar-refractivity contribution in [3.8, 4) is 5.75 Å². The molecule has 0 amide bonds. The zero-order chi connectivity index (χ0) is 13.8. The first-order valence-corrected chi connectivity index (χ1v) is 7.08. The van der Waals surface area contributed by atoms with Crippen LogP contribution >= 0.6 is 15.9 Å². The Labute approximate surface area is 122 Å². The van der Waals surface area contributed by atoms with Crippen molar-refractivity contribution in [3.63, 3.8) is 0 Å². The van der Waals surface area contributed by atoms with Gasteiger partial charge in [-0.15, -0.1) is 0 Å². The van der Waals surface area contributed by atoms with Crippen molar-refractivity contribution in [2.45, 2.75) is 19.9 Å². The number of methoxy groups -OCH3 is 1. The highest BCUT2D eigenvalue weighted by Gasteiger charge is 2.17. The molecule has 0 aliphatic carbocycles. The molecule has 0 bridgehead atoms. The van der Waals surface area contributed by atoms with Gasteiger partial charge in [0.05, 0.1) is 13.2 Å². The van der Waals surface area contributed by atoms with Crippen LogP contribution in [0.2, 0.25) is 0 Å². The van der Waals surface area contributed by atoms with Gasteiger partial charge < -0.3 is 14.5 Å². The van der Waals surface area contributed by atoms with Crippen molar-refractivity contribution in [1.82, 2.24) is 5.32 Å². The van der Waals surface area contributed by atoms with E-state index in [1.807, 2.05) is 19.1 Å². The smallest absolute Gasteiger partial charge is 0.169 e. The molecule has 0 aliphatic rings. The highest BCUT2D eigenvalue weighted by Crippen LogP contribution is 2.29. The van der Waals surface area contributed by atoms with E-state index in [2.05, 4.69) is 46.4 Å². The van der Waals surface area contributed by atoms with Gasteiger partial charge in [0.15, 0.2) is 4.67 Å². The first-order valence-electron chi connectivity index (χ1n) is 6.29. The lowest BCUT2D eigenvalue weighted by Gasteiger charge is -2.17. The number of benzene rings is 1. The lowest BCUT2D eigenvalue weighted by Crippen LogP contribution is -2.21. The lowest BCUT2D eigenvalue weighted by molar-refractivity contribution is 0.408. The molecule has 1 unspecified atom stereocenters. The van der Waals surface area contributed by atoms with E-state index in [4.69, 9.17) is 9.15 Å². The number of aryl methyl sites for hydroxylation is 1. The summed E-state index contributed by atoms with van der Waals surface area (Å²) in [5.41, 5.74) is 2.26. The molecule has 1 N–H and O–H groups in total. The van der Waals surface area contributed by atoms with Crippen molar-refractivity contribution in [1.29, 1.82) is 0 Å². The Morgan fingerprint density at radius 3 is 2.68 bits per heavy atom. The fourth-order valence-corrected chi connectivity index (χ4v) is 2.41. The number of nitrogens with one attached hydrogen (secondary N) is 1. The largest absolute Gasteiger partial charge is 0.496 e. The van der Waals surface area contributed by atoms with Crippen LogP contribution in [0.25, 0.3) is 0 Å². The Balaban J connectivity index is 2.38. The first kappa shape index (κ1) is 14.2. The van der Waals surface area contributed by atoms with Crippen LogP contribution in [0.15, 0.2) is 39.4 Å². The van der Waals surface area contributed by atoms with Crippen LogP contribution in [0.5, 0.6) is 5.75 Å². The Morgan fingerprint density at radius 1 is 1.32 bits per heavy atom. The second-order valence-electron chi connectivity index (χ2n) is 4.36. The van der Waals surface area contributed by atoms with E-state index in [0.29, 0.717) is 0 Å². The van der Waals surface area contributed by atoms with E-state index in [9.17, 15) is 0 Å². The zero-order valence-electron chi connectivity index (χ0n) is 11.4. The molecule has 1 heterocycles. The maximum Gasteiger partial charge on any atom is 0.169 e. The van der Waals surface area contributed by atoms with Gasteiger partial charge in [-0.3, -0.25) is 0 Å². The molecule has 1 aromatic carbocycles. The number of furan rings is 1. The van der Waals surface area contributed by atoms with Crippen LogP contribution in [-0.4, -0.2) is 13.7 Å². The van der Waals surface area contributed by atoms with Crippen molar-refractivity contribution in [2.24, 2.45) is 0 Å². The third-order valence-corrected chi connectivity index (χ3v) is 3.48.